The third-order valence-electron chi connectivity index (χ3n) is 4.98. The van der Waals surface area contributed by atoms with E-state index in [-0.39, 0.29) is 23.7 Å². The molecule has 7 nitrogen and oxygen atoms in total. The molecule has 3 rings (SSSR count). The van der Waals surface area contributed by atoms with Crippen molar-refractivity contribution in [2.24, 2.45) is 5.41 Å². The van der Waals surface area contributed by atoms with Crippen LogP contribution >= 0.6 is 11.3 Å². The van der Waals surface area contributed by atoms with Crippen molar-refractivity contribution >= 4 is 39.9 Å². The lowest BCUT2D eigenvalue weighted by molar-refractivity contribution is -0.123. The zero-order chi connectivity index (χ0) is 22.8. The van der Waals surface area contributed by atoms with Gasteiger partial charge in [-0.2, -0.15) is 0 Å². The fourth-order valence-electron chi connectivity index (χ4n) is 3.05. The van der Waals surface area contributed by atoms with E-state index in [4.69, 9.17) is 0 Å². The Morgan fingerprint density at radius 3 is 2.13 bits per heavy atom. The second kappa shape index (κ2) is 9.05. The smallest absolute Gasteiger partial charge is 0.321 e. The maximum absolute atomic E-state index is 13.0. The summed E-state index contributed by atoms with van der Waals surface area (Å²) in [7, 11) is 0. The molecular formula is C22H27FN4O3S. The van der Waals surface area contributed by atoms with E-state index in [0.717, 1.165) is 5.56 Å². The minimum absolute atomic E-state index is 0.0997. The van der Waals surface area contributed by atoms with Crippen LogP contribution in [0.25, 0.3) is 0 Å². The van der Waals surface area contributed by atoms with Crippen LogP contribution in [0.4, 0.5) is 19.9 Å². The predicted molar refractivity (Wildman–Crippen MR) is 120 cm³/mol. The average molecular weight is 447 g/mol. The average Bonchev–Trinajstić information content (AvgIpc) is 3.08. The molecule has 0 aliphatic carbocycles. The van der Waals surface area contributed by atoms with Gasteiger partial charge < -0.3 is 20.4 Å². The summed E-state index contributed by atoms with van der Waals surface area (Å²) in [6.45, 7) is 8.98. The molecule has 2 N–H and O–H groups in total. The first kappa shape index (κ1) is 22.7. The van der Waals surface area contributed by atoms with Crippen molar-refractivity contribution in [3.8, 4) is 0 Å². The van der Waals surface area contributed by atoms with Gasteiger partial charge in [0.25, 0.3) is 5.91 Å². The Kier molecular flexibility index (Phi) is 6.64. The van der Waals surface area contributed by atoms with Gasteiger partial charge in [0.2, 0.25) is 5.91 Å². The molecule has 1 fully saturated rings. The number of nitrogens with one attached hydrogen (secondary N) is 2. The lowest BCUT2D eigenvalue weighted by Crippen LogP contribution is -2.51. The number of hydrogen-bond acceptors (Lipinski definition) is 4. The van der Waals surface area contributed by atoms with Gasteiger partial charge >= 0.3 is 6.03 Å². The lowest BCUT2D eigenvalue weighted by Gasteiger charge is -2.34. The molecule has 1 saturated heterocycles. The number of aryl methyl sites for hydroxylation is 1. The number of anilines is 2. The molecule has 1 aliphatic rings. The number of thiophene rings is 1. The van der Waals surface area contributed by atoms with Crippen LogP contribution in [-0.4, -0.2) is 53.8 Å². The fraction of sp³-hybridized carbons (Fsp3) is 0.409. The third-order valence-corrected chi connectivity index (χ3v) is 6.12. The molecule has 166 valence electrons. The van der Waals surface area contributed by atoms with Crippen LogP contribution in [0.3, 0.4) is 0 Å². The highest BCUT2D eigenvalue weighted by Gasteiger charge is 2.28. The number of piperazine rings is 1. The van der Waals surface area contributed by atoms with Gasteiger partial charge in [-0.25, -0.2) is 9.18 Å². The number of carbonyl (C=O) groups excluding carboxylic acids is 3. The zero-order valence-corrected chi connectivity index (χ0v) is 18.9. The minimum Gasteiger partial charge on any atom is -0.334 e. The van der Waals surface area contributed by atoms with E-state index in [1.54, 1.807) is 9.80 Å². The second-order valence-electron chi connectivity index (χ2n) is 8.54. The van der Waals surface area contributed by atoms with Crippen molar-refractivity contribution in [3.63, 3.8) is 0 Å². The first-order valence-corrected chi connectivity index (χ1v) is 10.9. The first-order chi connectivity index (χ1) is 14.5. The second-order valence-corrected chi connectivity index (χ2v) is 9.60. The summed E-state index contributed by atoms with van der Waals surface area (Å²) in [5.41, 5.74) is 0.812. The van der Waals surface area contributed by atoms with E-state index in [9.17, 15) is 18.8 Å². The monoisotopic (exact) mass is 446 g/mol. The minimum atomic E-state index is -0.521. The first-order valence-electron chi connectivity index (χ1n) is 10.1. The van der Waals surface area contributed by atoms with Crippen molar-refractivity contribution in [1.29, 1.82) is 0 Å². The SMILES string of the molecule is Cc1cc(NC(=O)C(C)(C)C)sc1C(=O)N1CCN(C(=O)Nc2ccc(F)cc2)CC1. The van der Waals surface area contributed by atoms with Gasteiger partial charge in [-0.3, -0.25) is 9.59 Å². The van der Waals surface area contributed by atoms with Crippen LogP contribution in [0.2, 0.25) is 0 Å². The van der Waals surface area contributed by atoms with Crippen molar-refractivity contribution in [2.45, 2.75) is 27.7 Å². The van der Waals surface area contributed by atoms with Gasteiger partial charge in [0.05, 0.1) is 9.88 Å². The van der Waals surface area contributed by atoms with Gasteiger partial charge in [0.1, 0.15) is 5.82 Å². The fourth-order valence-corrected chi connectivity index (χ4v) is 4.08. The molecule has 0 saturated carbocycles. The molecule has 2 heterocycles. The van der Waals surface area contributed by atoms with Crippen LogP contribution in [-0.2, 0) is 4.79 Å². The maximum atomic E-state index is 13.0. The summed E-state index contributed by atoms with van der Waals surface area (Å²) >= 11 is 1.27. The number of hydrogen-bond donors (Lipinski definition) is 2. The van der Waals surface area contributed by atoms with E-state index in [1.807, 2.05) is 33.8 Å². The molecule has 1 aromatic carbocycles. The molecule has 0 bridgehead atoms. The van der Waals surface area contributed by atoms with Crippen molar-refractivity contribution in [2.75, 3.05) is 36.8 Å². The van der Waals surface area contributed by atoms with E-state index in [2.05, 4.69) is 10.6 Å². The van der Waals surface area contributed by atoms with Crippen LogP contribution in [0.5, 0.6) is 0 Å². The molecule has 1 aromatic heterocycles. The summed E-state index contributed by atoms with van der Waals surface area (Å²) < 4.78 is 13.0. The zero-order valence-electron chi connectivity index (χ0n) is 18.1. The molecule has 4 amide bonds. The summed E-state index contributed by atoms with van der Waals surface area (Å²) in [4.78, 5) is 41.6. The van der Waals surface area contributed by atoms with E-state index in [0.29, 0.717) is 41.7 Å². The third kappa shape index (κ3) is 5.61. The predicted octanol–water partition coefficient (Wildman–Crippen LogP) is 4.17. The van der Waals surface area contributed by atoms with Crippen LogP contribution < -0.4 is 10.6 Å². The number of halogens is 1. The Morgan fingerprint density at radius 2 is 1.55 bits per heavy atom. The highest BCUT2D eigenvalue weighted by atomic mass is 32.1. The Hall–Kier alpha value is -2.94. The summed E-state index contributed by atoms with van der Waals surface area (Å²) in [5, 5.41) is 6.26. The summed E-state index contributed by atoms with van der Waals surface area (Å²) in [6.07, 6.45) is 0. The van der Waals surface area contributed by atoms with E-state index < -0.39 is 5.41 Å². The van der Waals surface area contributed by atoms with Crippen LogP contribution in [0.15, 0.2) is 30.3 Å². The summed E-state index contributed by atoms with van der Waals surface area (Å²) in [6, 6.07) is 7.11. The molecule has 9 heteroatoms. The van der Waals surface area contributed by atoms with E-state index >= 15 is 0 Å². The Labute approximate surface area is 185 Å². The Morgan fingerprint density at radius 1 is 0.968 bits per heavy atom. The largest absolute Gasteiger partial charge is 0.334 e. The van der Waals surface area contributed by atoms with Crippen molar-refractivity contribution in [3.05, 3.63) is 46.6 Å². The number of rotatable bonds is 3. The summed E-state index contributed by atoms with van der Waals surface area (Å²) in [5.74, 6) is -0.569. The normalized spacial score (nSPS) is 14.4. The van der Waals surface area contributed by atoms with Gasteiger partial charge in [-0.15, -0.1) is 11.3 Å². The Balaban J connectivity index is 1.57. The highest BCUT2D eigenvalue weighted by Crippen LogP contribution is 2.29. The molecule has 1 aliphatic heterocycles. The number of benzene rings is 1. The molecule has 0 radical (unpaired) electrons. The number of nitrogens with zero attached hydrogens (tertiary/aromatic N) is 2. The molecule has 0 spiro atoms. The molecule has 0 unspecified atom stereocenters. The van der Waals surface area contributed by atoms with E-state index in [1.165, 1.54) is 35.6 Å². The topological polar surface area (TPSA) is 81.8 Å². The number of urea groups is 1. The van der Waals surface area contributed by atoms with Crippen molar-refractivity contribution < 1.29 is 18.8 Å². The van der Waals surface area contributed by atoms with Crippen LogP contribution in [0.1, 0.15) is 36.0 Å². The number of amides is 4. The molecular weight excluding hydrogens is 419 g/mol. The quantitative estimate of drug-likeness (QED) is 0.743. The van der Waals surface area contributed by atoms with Gasteiger partial charge in [0.15, 0.2) is 0 Å². The van der Waals surface area contributed by atoms with Gasteiger partial charge in [-0.1, -0.05) is 20.8 Å². The molecule has 31 heavy (non-hydrogen) atoms. The lowest BCUT2D eigenvalue weighted by atomic mass is 9.96. The standard InChI is InChI=1S/C22H27FN4O3S/c1-14-13-17(25-20(29)22(2,3)4)31-18(14)19(28)26-9-11-27(12-10-26)21(30)24-16-7-5-15(23)6-8-16/h5-8,13H,9-12H2,1-4H3,(H,24,30)(H,25,29). The van der Waals surface area contributed by atoms with Gasteiger partial charge in [-0.05, 0) is 42.8 Å². The highest BCUT2D eigenvalue weighted by molar-refractivity contribution is 7.18. The van der Waals surface area contributed by atoms with Crippen LogP contribution in [0, 0.1) is 18.2 Å². The van der Waals surface area contributed by atoms with Gasteiger partial charge in [0, 0.05) is 37.3 Å². The maximum Gasteiger partial charge on any atom is 0.321 e. The van der Waals surface area contributed by atoms with Crippen molar-refractivity contribution in [1.82, 2.24) is 9.80 Å². The Bertz CT molecular complexity index is 974. The molecule has 0 atom stereocenters. The number of carbonyl (C=O) groups is 3. The molecule has 2 aromatic rings.